The molecule has 0 aromatic carbocycles. The van der Waals surface area contributed by atoms with E-state index in [0.29, 0.717) is 12.6 Å². The van der Waals surface area contributed by atoms with E-state index in [1.807, 2.05) is 11.5 Å². The molecule has 2 aromatic rings. The maximum absolute atomic E-state index is 13.1. The first-order valence-electron chi connectivity index (χ1n) is 8.62. The topological polar surface area (TPSA) is 67.2 Å². The molecule has 2 N–H and O–H groups in total. The van der Waals surface area contributed by atoms with E-state index in [-0.39, 0.29) is 18.2 Å². The molecule has 1 fully saturated rings. The minimum absolute atomic E-state index is 0.0589. The highest BCUT2D eigenvalue weighted by atomic mass is 32.1. The molecule has 1 atom stereocenters. The zero-order valence-electron chi connectivity index (χ0n) is 13.5. The first kappa shape index (κ1) is 15.3. The number of fused-ring (bicyclic) bond motifs is 3. The molecule has 0 amide bonds. The van der Waals surface area contributed by atoms with Gasteiger partial charge in [0.25, 0.3) is 5.56 Å². The summed E-state index contributed by atoms with van der Waals surface area (Å²) >= 11 is 1.70. The van der Waals surface area contributed by atoms with Gasteiger partial charge >= 0.3 is 0 Å². The molecule has 0 saturated heterocycles. The maximum atomic E-state index is 13.1. The quantitative estimate of drug-likeness (QED) is 0.850. The number of rotatable bonds is 6. The van der Waals surface area contributed by atoms with Crippen LogP contribution in [0.5, 0.6) is 0 Å². The number of nitrogens with zero attached hydrogens (tertiary/aromatic N) is 2. The number of hydrogen-bond donors (Lipinski definition) is 2. The second-order valence-corrected chi connectivity index (χ2v) is 7.72. The number of hydrogen-bond acceptors (Lipinski definition) is 5. The van der Waals surface area contributed by atoms with E-state index in [2.05, 4.69) is 5.32 Å². The Morgan fingerprint density at radius 3 is 2.96 bits per heavy atom. The Bertz CT molecular complexity index is 787. The summed E-state index contributed by atoms with van der Waals surface area (Å²) in [6, 6.07) is 0.381. The van der Waals surface area contributed by atoms with Gasteiger partial charge < -0.3 is 10.4 Å². The first-order valence-corrected chi connectivity index (χ1v) is 9.44. The lowest BCUT2D eigenvalue weighted by atomic mass is 10.2. The van der Waals surface area contributed by atoms with E-state index in [0.717, 1.165) is 54.6 Å². The molecule has 124 valence electrons. The fourth-order valence-corrected chi connectivity index (χ4v) is 4.78. The highest BCUT2D eigenvalue weighted by Crippen LogP contribution is 2.38. The summed E-state index contributed by atoms with van der Waals surface area (Å²) in [4.78, 5) is 20.2. The Morgan fingerprint density at radius 2 is 2.26 bits per heavy atom. The summed E-state index contributed by atoms with van der Waals surface area (Å²) in [5, 5.41) is 13.6. The predicted molar refractivity (Wildman–Crippen MR) is 92.2 cm³/mol. The third-order valence-corrected chi connectivity index (χ3v) is 6.20. The molecule has 1 saturated carbocycles. The third kappa shape index (κ3) is 2.62. The largest absolute Gasteiger partial charge is 0.395 e. The molecule has 0 radical (unpaired) electrons. The van der Waals surface area contributed by atoms with Crippen molar-refractivity contribution in [3.63, 3.8) is 0 Å². The highest BCUT2D eigenvalue weighted by molar-refractivity contribution is 7.18. The lowest BCUT2D eigenvalue weighted by molar-refractivity contribution is 0.237. The van der Waals surface area contributed by atoms with Gasteiger partial charge in [0.2, 0.25) is 0 Å². The monoisotopic (exact) mass is 333 g/mol. The fourth-order valence-electron chi connectivity index (χ4n) is 3.51. The third-order valence-electron chi connectivity index (χ3n) is 5.02. The van der Waals surface area contributed by atoms with Crippen LogP contribution in [0.4, 0.5) is 0 Å². The van der Waals surface area contributed by atoms with Gasteiger partial charge in [0.15, 0.2) is 0 Å². The summed E-state index contributed by atoms with van der Waals surface area (Å²) in [5.41, 5.74) is 1.42. The molecule has 2 aliphatic rings. The second kappa shape index (κ2) is 6.00. The maximum Gasteiger partial charge on any atom is 0.262 e. The Balaban J connectivity index is 1.77. The van der Waals surface area contributed by atoms with Crippen molar-refractivity contribution in [2.45, 2.75) is 64.1 Å². The van der Waals surface area contributed by atoms with Crippen molar-refractivity contribution in [3.05, 3.63) is 26.6 Å². The van der Waals surface area contributed by atoms with Crippen LogP contribution in [-0.4, -0.2) is 27.3 Å². The summed E-state index contributed by atoms with van der Waals surface area (Å²) in [7, 11) is 0. The molecule has 6 heteroatoms. The number of thiophene rings is 1. The van der Waals surface area contributed by atoms with Gasteiger partial charge in [-0.05, 0) is 44.1 Å². The molecule has 0 spiro atoms. The minimum atomic E-state index is 0.0589. The van der Waals surface area contributed by atoms with Crippen LogP contribution in [0.1, 0.15) is 54.9 Å². The smallest absolute Gasteiger partial charge is 0.262 e. The van der Waals surface area contributed by atoms with E-state index in [9.17, 15) is 9.90 Å². The van der Waals surface area contributed by atoms with Gasteiger partial charge in [-0.25, -0.2) is 4.98 Å². The van der Waals surface area contributed by atoms with Crippen LogP contribution in [0.25, 0.3) is 10.2 Å². The Morgan fingerprint density at radius 1 is 1.43 bits per heavy atom. The van der Waals surface area contributed by atoms with Crippen LogP contribution in [0, 0.1) is 0 Å². The average Bonchev–Trinajstić information content (AvgIpc) is 3.16. The number of aryl methyl sites for hydroxylation is 2. The van der Waals surface area contributed by atoms with Gasteiger partial charge in [0.05, 0.1) is 18.5 Å². The van der Waals surface area contributed by atoms with E-state index in [1.54, 1.807) is 11.3 Å². The molecule has 23 heavy (non-hydrogen) atoms. The van der Waals surface area contributed by atoms with Crippen LogP contribution in [0.15, 0.2) is 4.79 Å². The molecule has 2 heterocycles. The highest BCUT2D eigenvalue weighted by Gasteiger charge is 2.30. The summed E-state index contributed by atoms with van der Waals surface area (Å²) in [6.07, 6.45) is 6.29. The van der Waals surface area contributed by atoms with Gasteiger partial charge in [-0.1, -0.05) is 6.92 Å². The molecule has 2 aliphatic carbocycles. The predicted octanol–water partition coefficient (Wildman–Crippen LogP) is 2.14. The standard InChI is InChI=1S/C17H23N3O2S/c1-2-10(9-21)18-8-14-19-16-15(12-4-3-5-13(12)23-16)17(22)20(14)11-6-7-11/h10-11,18,21H,2-9H2,1H3. The van der Waals surface area contributed by atoms with Crippen molar-refractivity contribution in [1.29, 1.82) is 0 Å². The van der Waals surface area contributed by atoms with Crippen molar-refractivity contribution in [3.8, 4) is 0 Å². The van der Waals surface area contributed by atoms with Gasteiger partial charge in [-0.2, -0.15) is 0 Å². The van der Waals surface area contributed by atoms with E-state index in [4.69, 9.17) is 4.98 Å². The zero-order chi connectivity index (χ0) is 16.0. The first-order chi connectivity index (χ1) is 11.2. The summed E-state index contributed by atoms with van der Waals surface area (Å²) < 4.78 is 1.92. The summed E-state index contributed by atoms with van der Waals surface area (Å²) in [5.74, 6) is 0.830. The molecule has 5 nitrogen and oxygen atoms in total. The SMILES string of the molecule is CCC(CO)NCc1nc2sc3c(c2c(=O)n1C1CC1)CCC3. The normalized spacial score (nSPS) is 18.5. The molecule has 1 unspecified atom stereocenters. The zero-order valence-corrected chi connectivity index (χ0v) is 14.3. The molecule has 0 bridgehead atoms. The number of aromatic nitrogens is 2. The van der Waals surface area contributed by atoms with Crippen LogP contribution < -0.4 is 10.9 Å². The van der Waals surface area contributed by atoms with Crippen LogP contribution in [0.2, 0.25) is 0 Å². The number of aliphatic hydroxyl groups excluding tert-OH is 1. The van der Waals surface area contributed by atoms with Gasteiger partial charge in [0, 0.05) is 17.0 Å². The molecule has 2 aromatic heterocycles. The summed E-state index contributed by atoms with van der Waals surface area (Å²) in [6.45, 7) is 2.70. The minimum Gasteiger partial charge on any atom is -0.395 e. The molecule has 0 aliphatic heterocycles. The fraction of sp³-hybridized carbons (Fsp3) is 0.647. The Hall–Kier alpha value is -1.24. The number of nitrogens with one attached hydrogen (secondary N) is 1. The van der Waals surface area contributed by atoms with E-state index in [1.165, 1.54) is 10.4 Å². The molecule has 4 rings (SSSR count). The van der Waals surface area contributed by atoms with Crippen molar-refractivity contribution >= 4 is 21.6 Å². The second-order valence-electron chi connectivity index (χ2n) is 6.64. The molecular formula is C17H23N3O2S. The van der Waals surface area contributed by atoms with Crippen molar-refractivity contribution in [2.75, 3.05) is 6.61 Å². The van der Waals surface area contributed by atoms with Crippen molar-refractivity contribution in [2.24, 2.45) is 0 Å². The van der Waals surface area contributed by atoms with E-state index >= 15 is 0 Å². The van der Waals surface area contributed by atoms with Gasteiger partial charge in [-0.3, -0.25) is 9.36 Å². The lowest BCUT2D eigenvalue weighted by Crippen LogP contribution is -2.34. The van der Waals surface area contributed by atoms with Gasteiger partial charge in [-0.15, -0.1) is 11.3 Å². The Kier molecular flexibility index (Phi) is 3.99. The Labute approximate surface area is 139 Å². The van der Waals surface area contributed by atoms with Crippen LogP contribution in [-0.2, 0) is 19.4 Å². The van der Waals surface area contributed by atoms with Crippen molar-refractivity contribution in [1.82, 2.24) is 14.9 Å². The van der Waals surface area contributed by atoms with Crippen LogP contribution >= 0.6 is 11.3 Å². The number of aliphatic hydroxyl groups is 1. The van der Waals surface area contributed by atoms with Crippen LogP contribution in [0.3, 0.4) is 0 Å². The molecular weight excluding hydrogens is 310 g/mol. The van der Waals surface area contributed by atoms with E-state index < -0.39 is 0 Å². The average molecular weight is 333 g/mol. The lowest BCUT2D eigenvalue weighted by Gasteiger charge is -2.16. The van der Waals surface area contributed by atoms with Crippen molar-refractivity contribution < 1.29 is 5.11 Å². The van der Waals surface area contributed by atoms with Gasteiger partial charge in [0.1, 0.15) is 10.7 Å².